The van der Waals surface area contributed by atoms with Gasteiger partial charge in [0.2, 0.25) is 0 Å². The van der Waals surface area contributed by atoms with E-state index >= 15 is 0 Å². The number of carboxylic acid groups (broad SMARTS) is 1. The van der Waals surface area contributed by atoms with Crippen molar-refractivity contribution in [1.82, 2.24) is 15.1 Å². The highest BCUT2D eigenvalue weighted by Gasteiger charge is 2.38. The maximum absolute atomic E-state index is 13.3. The number of nitrogens with zero attached hydrogens (tertiary/aromatic N) is 3. The molecule has 2 atom stereocenters. The molecule has 3 heterocycles. The van der Waals surface area contributed by atoms with E-state index in [1.165, 1.54) is 11.0 Å². The first kappa shape index (κ1) is 19.3. The molecule has 0 saturated carbocycles. The molecular weight excluding hydrogens is 373 g/mol. The van der Waals surface area contributed by atoms with E-state index in [0.29, 0.717) is 50.2 Å². The zero-order chi connectivity index (χ0) is 19.9. The van der Waals surface area contributed by atoms with Crippen molar-refractivity contribution in [3.05, 3.63) is 29.3 Å². The predicted octanol–water partition coefficient (Wildman–Crippen LogP) is 2.16. The molecule has 3 aliphatic rings. The van der Waals surface area contributed by atoms with Gasteiger partial charge in [0, 0.05) is 64.6 Å². The Kier molecular flexibility index (Phi) is 5.13. The summed E-state index contributed by atoms with van der Waals surface area (Å²) in [5.41, 5.74) is 0.937. The fraction of sp³-hybridized carbons (Fsp3) is 0.632. The highest BCUT2D eigenvalue weighted by atomic mass is 19.4. The third-order valence-electron chi connectivity index (χ3n) is 6.18. The average Bonchev–Trinajstić information content (AvgIpc) is 3.23. The molecule has 0 spiro atoms. The maximum Gasteiger partial charge on any atom is 0.416 e. The second kappa shape index (κ2) is 7.44. The minimum atomic E-state index is -4.36. The third-order valence-corrected chi connectivity index (χ3v) is 6.18. The SMILES string of the molecule is O=C(O)N1CCN(Cc2ccc(C(F)(F)F)cc2N2CC3CNCC3C2)CC1. The molecule has 1 aromatic carbocycles. The van der Waals surface area contributed by atoms with Gasteiger partial charge in [0.25, 0.3) is 0 Å². The van der Waals surface area contributed by atoms with Crippen LogP contribution in [0.1, 0.15) is 11.1 Å². The molecule has 154 valence electrons. The van der Waals surface area contributed by atoms with Crippen molar-refractivity contribution in [2.75, 3.05) is 57.3 Å². The van der Waals surface area contributed by atoms with Crippen LogP contribution >= 0.6 is 0 Å². The fourth-order valence-corrected chi connectivity index (χ4v) is 4.56. The van der Waals surface area contributed by atoms with E-state index in [2.05, 4.69) is 15.1 Å². The number of nitrogens with one attached hydrogen (secondary N) is 1. The Hall–Kier alpha value is -2.00. The zero-order valence-electron chi connectivity index (χ0n) is 15.6. The fourth-order valence-electron chi connectivity index (χ4n) is 4.56. The Bertz CT molecular complexity index is 722. The van der Waals surface area contributed by atoms with E-state index in [1.807, 2.05) is 0 Å². The number of amides is 1. The lowest BCUT2D eigenvalue weighted by atomic mass is 10.0. The Morgan fingerprint density at radius 3 is 2.32 bits per heavy atom. The van der Waals surface area contributed by atoms with Gasteiger partial charge in [0.1, 0.15) is 0 Å². The van der Waals surface area contributed by atoms with Crippen molar-refractivity contribution in [2.45, 2.75) is 12.7 Å². The first-order valence-corrected chi connectivity index (χ1v) is 9.67. The van der Waals surface area contributed by atoms with Gasteiger partial charge in [-0.1, -0.05) is 6.07 Å². The number of hydrogen-bond acceptors (Lipinski definition) is 4. The van der Waals surface area contributed by atoms with Gasteiger partial charge in [0.15, 0.2) is 0 Å². The Morgan fingerprint density at radius 1 is 1.11 bits per heavy atom. The number of hydrogen-bond donors (Lipinski definition) is 2. The lowest BCUT2D eigenvalue weighted by molar-refractivity contribution is -0.137. The second-order valence-corrected chi connectivity index (χ2v) is 7.97. The second-order valence-electron chi connectivity index (χ2n) is 7.97. The van der Waals surface area contributed by atoms with Crippen LogP contribution in [0.5, 0.6) is 0 Å². The summed E-state index contributed by atoms with van der Waals surface area (Å²) in [6, 6.07) is 4.04. The van der Waals surface area contributed by atoms with E-state index < -0.39 is 17.8 Å². The molecule has 3 aliphatic heterocycles. The molecule has 2 unspecified atom stereocenters. The Morgan fingerprint density at radius 2 is 1.75 bits per heavy atom. The minimum absolute atomic E-state index is 0.421. The summed E-state index contributed by atoms with van der Waals surface area (Å²) in [5, 5.41) is 12.4. The number of carbonyl (C=O) groups is 1. The van der Waals surface area contributed by atoms with Crippen LogP contribution in [-0.4, -0.2) is 73.4 Å². The van der Waals surface area contributed by atoms with Gasteiger partial charge in [-0.2, -0.15) is 13.2 Å². The molecule has 1 amide bonds. The average molecular weight is 398 g/mol. The molecule has 9 heteroatoms. The molecule has 3 saturated heterocycles. The molecule has 3 fully saturated rings. The number of halogens is 3. The Labute approximate surface area is 161 Å². The largest absolute Gasteiger partial charge is 0.465 e. The zero-order valence-corrected chi connectivity index (χ0v) is 15.6. The smallest absolute Gasteiger partial charge is 0.416 e. The van der Waals surface area contributed by atoms with Crippen molar-refractivity contribution >= 4 is 11.8 Å². The quantitative estimate of drug-likeness (QED) is 0.817. The lowest BCUT2D eigenvalue weighted by Crippen LogP contribution is -2.47. The monoisotopic (exact) mass is 398 g/mol. The van der Waals surface area contributed by atoms with Crippen LogP contribution in [0.15, 0.2) is 18.2 Å². The Balaban J connectivity index is 1.54. The van der Waals surface area contributed by atoms with Crippen molar-refractivity contribution in [3.8, 4) is 0 Å². The van der Waals surface area contributed by atoms with Gasteiger partial charge >= 0.3 is 12.3 Å². The minimum Gasteiger partial charge on any atom is -0.465 e. The number of fused-ring (bicyclic) bond motifs is 1. The van der Waals surface area contributed by atoms with Crippen LogP contribution in [0.3, 0.4) is 0 Å². The first-order chi connectivity index (χ1) is 13.3. The molecule has 0 aliphatic carbocycles. The van der Waals surface area contributed by atoms with E-state index in [1.54, 1.807) is 6.07 Å². The highest BCUT2D eigenvalue weighted by Crippen LogP contribution is 2.37. The van der Waals surface area contributed by atoms with Crippen LogP contribution in [0.4, 0.5) is 23.7 Å². The summed E-state index contributed by atoms with van der Waals surface area (Å²) in [6.45, 7) is 5.95. The van der Waals surface area contributed by atoms with Gasteiger partial charge in [0.05, 0.1) is 5.56 Å². The van der Waals surface area contributed by atoms with Crippen LogP contribution in [0.2, 0.25) is 0 Å². The van der Waals surface area contributed by atoms with Crippen molar-refractivity contribution in [1.29, 1.82) is 0 Å². The van der Waals surface area contributed by atoms with Crippen molar-refractivity contribution in [2.24, 2.45) is 11.8 Å². The molecule has 6 nitrogen and oxygen atoms in total. The van der Waals surface area contributed by atoms with Crippen LogP contribution in [0, 0.1) is 11.8 Å². The van der Waals surface area contributed by atoms with E-state index in [9.17, 15) is 18.0 Å². The standard InChI is InChI=1S/C19H25F3N4O2/c20-19(21,22)16-2-1-13(10-24-3-5-25(6-4-24)18(27)28)17(7-16)26-11-14-8-23-9-15(14)12-26/h1-2,7,14-15,23H,3-6,8-12H2,(H,27,28). The molecule has 0 bridgehead atoms. The number of benzene rings is 1. The number of piperazine rings is 1. The molecular formula is C19H25F3N4O2. The summed E-state index contributed by atoms with van der Waals surface area (Å²) in [4.78, 5) is 16.7. The summed E-state index contributed by atoms with van der Waals surface area (Å²) < 4.78 is 39.9. The van der Waals surface area contributed by atoms with Crippen molar-refractivity contribution in [3.63, 3.8) is 0 Å². The molecule has 4 rings (SSSR count). The van der Waals surface area contributed by atoms with E-state index in [0.717, 1.165) is 37.8 Å². The molecule has 28 heavy (non-hydrogen) atoms. The topological polar surface area (TPSA) is 59.1 Å². The molecule has 0 radical (unpaired) electrons. The number of anilines is 1. The van der Waals surface area contributed by atoms with Crippen molar-refractivity contribution < 1.29 is 23.1 Å². The molecule has 0 aromatic heterocycles. The number of alkyl halides is 3. The van der Waals surface area contributed by atoms with Gasteiger partial charge in [-0.05, 0) is 29.5 Å². The maximum atomic E-state index is 13.3. The van der Waals surface area contributed by atoms with Gasteiger partial charge in [-0.15, -0.1) is 0 Å². The normalized spacial score (nSPS) is 26.0. The summed E-state index contributed by atoms with van der Waals surface area (Å²) in [7, 11) is 0. The summed E-state index contributed by atoms with van der Waals surface area (Å²) >= 11 is 0. The highest BCUT2D eigenvalue weighted by molar-refractivity contribution is 5.65. The van der Waals surface area contributed by atoms with Crippen LogP contribution < -0.4 is 10.2 Å². The van der Waals surface area contributed by atoms with Crippen LogP contribution in [-0.2, 0) is 12.7 Å². The van der Waals surface area contributed by atoms with Gasteiger partial charge in [-0.3, -0.25) is 4.90 Å². The first-order valence-electron chi connectivity index (χ1n) is 9.67. The molecule has 2 N–H and O–H groups in total. The van der Waals surface area contributed by atoms with Gasteiger partial charge < -0.3 is 20.2 Å². The third kappa shape index (κ3) is 3.91. The molecule has 1 aromatic rings. The summed E-state index contributed by atoms with van der Waals surface area (Å²) in [6.07, 6.45) is -5.29. The lowest BCUT2D eigenvalue weighted by Gasteiger charge is -2.34. The number of rotatable bonds is 3. The summed E-state index contributed by atoms with van der Waals surface area (Å²) in [5.74, 6) is 0.975. The predicted molar refractivity (Wildman–Crippen MR) is 98.4 cm³/mol. The van der Waals surface area contributed by atoms with E-state index in [4.69, 9.17) is 5.11 Å². The van der Waals surface area contributed by atoms with E-state index in [-0.39, 0.29) is 0 Å². The van der Waals surface area contributed by atoms with Gasteiger partial charge in [-0.25, -0.2) is 4.79 Å². The van der Waals surface area contributed by atoms with Crippen LogP contribution in [0.25, 0.3) is 0 Å².